The third-order valence-electron chi connectivity index (χ3n) is 3.07. The van der Waals surface area contributed by atoms with Gasteiger partial charge >= 0.3 is 0 Å². The van der Waals surface area contributed by atoms with Crippen LogP contribution in [0.15, 0.2) is 30.5 Å². The lowest BCUT2D eigenvalue weighted by Gasteiger charge is -2.09. The highest BCUT2D eigenvalue weighted by Gasteiger charge is 2.22. The molecule has 94 valence electrons. The maximum absolute atomic E-state index is 12.9. The van der Waals surface area contributed by atoms with Crippen molar-refractivity contribution in [3.63, 3.8) is 0 Å². The molecule has 0 unspecified atom stereocenters. The monoisotopic (exact) mass is 245 g/mol. The van der Waals surface area contributed by atoms with Gasteiger partial charge in [-0.25, -0.2) is 9.37 Å². The van der Waals surface area contributed by atoms with Gasteiger partial charge in [0.15, 0.2) is 0 Å². The number of nitrogens with one attached hydrogen (secondary N) is 1. The summed E-state index contributed by atoms with van der Waals surface area (Å²) in [6.07, 6.45) is 4.47. The normalized spacial score (nSPS) is 14.8. The van der Waals surface area contributed by atoms with Crippen molar-refractivity contribution in [3.05, 3.63) is 47.5 Å². The molecular weight excluding hydrogens is 229 g/mol. The summed E-state index contributed by atoms with van der Waals surface area (Å²) in [4.78, 5) is 4.48. The van der Waals surface area contributed by atoms with Crippen molar-refractivity contribution in [1.29, 1.82) is 0 Å². The Morgan fingerprint density at radius 2 is 2.06 bits per heavy atom. The standard InChI is InChI=1S/C14H16FN3/c1-10-8-18(14(16-10)17-13-6-7-13)9-11-2-4-12(15)5-3-11/h2-5,8,13H,6-7,9H2,1H3,(H,16,17). The van der Waals surface area contributed by atoms with E-state index in [1.165, 1.54) is 25.0 Å². The molecule has 1 fully saturated rings. The highest BCUT2D eigenvalue weighted by atomic mass is 19.1. The number of aromatic nitrogens is 2. The van der Waals surface area contributed by atoms with Crippen molar-refractivity contribution in [2.45, 2.75) is 32.4 Å². The Morgan fingerprint density at radius 3 is 2.72 bits per heavy atom. The Balaban J connectivity index is 1.80. The van der Waals surface area contributed by atoms with Gasteiger partial charge in [0.2, 0.25) is 5.95 Å². The molecule has 2 aromatic rings. The molecule has 4 heteroatoms. The van der Waals surface area contributed by atoms with Crippen molar-refractivity contribution in [2.75, 3.05) is 5.32 Å². The molecule has 0 aliphatic heterocycles. The Labute approximate surface area is 106 Å². The van der Waals surface area contributed by atoms with Crippen LogP contribution in [0.2, 0.25) is 0 Å². The largest absolute Gasteiger partial charge is 0.353 e. The smallest absolute Gasteiger partial charge is 0.203 e. The van der Waals surface area contributed by atoms with Crippen LogP contribution in [0.4, 0.5) is 10.3 Å². The lowest BCUT2D eigenvalue weighted by molar-refractivity contribution is 0.626. The molecule has 0 bridgehead atoms. The molecule has 18 heavy (non-hydrogen) atoms. The van der Waals surface area contributed by atoms with Gasteiger partial charge in [0, 0.05) is 12.2 Å². The van der Waals surface area contributed by atoms with Crippen molar-refractivity contribution in [1.82, 2.24) is 9.55 Å². The molecule has 1 aromatic heterocycles. The van der Waals surface area contributed by atoms with E-state index in [-0.39, 0.29) is 5.82 Å². The van der Waals surface area contributed by atoms with Crippen molar-refractivity contribution in [2.24, 2.45) is 0 Å². The predicted molar refractivity (Wildman–Crippen MR) is 69.1 cm³/mol. The van der Waals surface area contributed by atoms with E-state index in [1.807, 2.05) is 25.3 Å². The van der Waals surface area contributed by atoms with E-state index < -0.39 is 0 Å². The van der Waals surface area contributed by atoms with Crippen LogP contribution >= 0.6 is 0 Å². The van der Waals surface area contributed by atoms with Gasteiger partial charge in [-0.1, -0.05) is 12.1 Å². The lowest BCUT2D eigenvalue weighted by Crippen LogP contribution is -2.09. The van der Waals surface area contributed by atoms with Gasteiger partial charge in [0.1, 0.15) is 5.82 Å². The second kappa shape index (κ2) is 4.44. The van der Waals surface area contributed by atoms with E-state index in [9.17, 15) is 4.39 Å². The van der Waals surface area contributed by atoms with Crippen LogP contribution in [0, 0.1) is 12.7 Å². The first-order valence-electron chi connectivity index (χ1n) is 6.25. The molecule has 0 amide bonds. The zero-order valence-electron chi connectivity index (χ0n) is 10.4. The molecule has 0 spiro atoms. The summed E-state index contributed by atoms with van der Waals surface area (Å²) in [7, 11) is 0. The fourth-order valence-electron chi connectivity index (χ4n) is 1.98. The second-order valence-electron chi connectivity index (χ2n) is 4.88. The molecule has 1 aromatic carbocycles. The van der Waals surface area contributed by atoms with Gasteiger partial charge in [-0.3, -0.25) is 0 Å². The maximum Gasteiger partial charge on any atom is 0.203 e. The summed E-state index contributed by atoms with van der Waals surface area (Å²) in [6, 6.07) is 7.19. The van der Waals surface area contributed by atoms with E-state index in [4.69, 9.17) is 0 Å². The first kappa shape index (κ1) is 11.3. The van der Waals surface area contributed by atoms with Crippen molar-refractivity contribution < 1.29 is 4.39 Å². The fourth-order valence-corrected chi connectivity index (χ4v) is 1.98. The molecule has 0 saturated heterocycles. The number of aryl methyl sites for hydroxylation is 1. The third kappa shape index (κ3) is 2.53. The van der Waals surface area contributed by atoms with Gasteiger partial charge in [0.25, 0.3) is 0 Å². The van der Waals surface area contributed by atoms with Crippen LogP contribution in [0.1, 0.15) is 24.1 Å². The molecule has 1 aliphatic rings. The fraction of sp³-hybridized carbons (Fsp3) is 0.357. The first-order valence-corrected chi connectivity index (χ1v) is 6.25. The topological polar surface area (TPSA) is 29.9 Å². The average molecular weight is 245 g/mol. The first-order chi connectivity index (χ1) is 8.70. The summed E-state index contributed by atoms with van der Waals surface area (Å²) in [5.74, 6) is 0.719. The van der Waals surface area contributed by atoms with Crippen LogP contribution in [-0.2, 0) is 6.54 Å². The molecule has 1 saturated carbocycles. The van der Waals surface area contributed by atoms with Crippen LogP contribution in [0.25, 0.3) is 0 Å². The Hall–Kier alpha value is -1.84. The molecule has 1 heterocycles. The Bertz CT molecular complexity index is 541. The van der Waals surface area contributed by atoms with Gasteiger partial charge in [-0.05, 0) is 37.5 Å². The molecule has 0 radical (unpaired) electrons. The number of benzene rings is 1. The highest BCUT2D eigenvalue weighted by molar-refractivity contribution is 5.33. The Morgan fingerprint density at radius 1 is 1.33 bits per heavy atom. The van der Waals surface area contributed by atoms with E-state index in [1.54, 1.807) is 0 Å². The maximum atomic E-state index is 12.9. The summed E-state index contributed by atoms with van der Waals surface area (Å²) in [6.45, 7) is 2.70. The number of hydrogen-bond acceptors (Lipinski definition) is 2. The lowest BCUT2D eigenvalue weighted by atomic mass is 10.2. The number of rotatable bonds is 4. The summed E-state index contributed by atoms with van der Waals surface area (Å²) in [5.41, 5.74) is 2.08. The van der Waals surface area contributed by atoms with Crippen LogP contribution in [0.3, 0.4) is 0 Å². The molecule has 1 N–H and O–H groups in total. The molecule has 1 aliphatic carbocycles. The quantitative estimate of drug-likeness (QED) is 0.897. The number of anilines is 1. The number of halogens is 1. The minimum Gasteiger partial charge on any atom is -0.353 e. The van der Waals surface area contributed by atoms with Gasteiger partial charge in [-0.2, -0.15) is 0 Å². The molecule has 3 rings (SSSR count). The second-order valence-corrected chi connectivity index (χ2v) is 4.88. The van der Waals surface area contributed by atoms with Crippen LogP contribution in [-0.4, -0.2) is 15.6 Å². The number of imidazole rings is 1. The average Bonchev–Trinajstić information content (AvgIpc) is 3.08. The van der Waals surface area contributed by atoms with E-state index in [0.29, 0.717) is 6.04 Å². The van der Waals surface area contributed by atoms with Crippen molar-refractivity contribution in [3.8, 4) is 0 Å². The zero-order valence-corrected chi connectivity index (χ0v) is 10.4. The van der Waals surface area contributed by atoms with E-state index in [2.05, 4.69) is 14.9 Å². The predicted octanol–water partition coefficient (Wildman–Crippen LogP) is 2.95. The molecular formula is C14H16FN3. The number of hydrogen-bond donors (Lipinski definition) is 1. The van der Waals surface area contributed by atoms with E-state index in [0.717, 1.165) is 23.8 Å². The minimum absolute atomic E-state index is 0.197. The van der Waals surface area contributed by atoms with Crippen LogP contribution < -0.4 is 5.32 Å². The van der Waals surface area contributed by atoms with Crippen molar-refractivity contribution >= 4 is 5.95 Å². The van der Waals surface area contributed by atoms with E-state index >= 15 is 0 Å². The molecule has 3 nitrogen and oxygen atoms in total. The zero-order chi connectivity index (χ0) is 12.5. The van der Waals surface area contributed by atoms with Gasteiger partial charge < -0.3 is 9.88 Å². The SMILES string of the molecule is Cc1cn(Cc2ccc(F)cc2)c(NC2CC2)n1. The van der Waals surface area contributed by atoms with Gasteiger partial charge in [0.05, 0.1) is 12.2 Å². The summed E-state index contributed by atoms with van der Waals surface area (Å²) < 4.78 is 14.9. The number of nitrogens with zero attached hydrogens (tertiary/aromatic N) is 2. The third-order valence-corrected chi connectivity index (χ3v) is 3.07. The highest BCUT2D eigenvalue weighted by Crippen LogP contribution is 2.24. The van der Waals surface area contributed by atoms with Gasteiger partial charge in [-0.15, -0.1) is 0 Å². The minimum atomic E-state index is -0.197. The summed E-state index contributed by atoms with van der Waals surface area (Å²) >= 11 is 0. The van der Waals surface area contributed by atoms with Crippen LogP contribution in [0.5, 0.6) is 0 Å². The molecule has 0 atom stereocenters. The Kier molecular flexibility index (Phi) is 2.78. The summed E-state index contributed by atoms with van der Waals surface area (Å²) in [5, 5.41) is 3.41.